The van der Waals surface area contributed by atoms with Crippen LogP contribution in [0, 0.1) is 32.1 Å². The molecule has 0 amide bonds. The van der Waals surface area contributed by atoms with Gasteiger partial charge < -0.3 is 0 Å². The third-order valence-electron chi connectivity index (χ3n) is 4.09. The van der Waals surface area contributed by atoms with Crippen LogP contribution in [0.3, 0.4) is 0 Å². The summed E-state index contributed by atoms with van der Waals surface area (Å²) in [5, 5.41) is 0.125. The molecule has 18 heavy (non-hydrogen) atoms. The fourth-order valence-corrected chi connectivity index (χ4v) is 3.08. The molecule has 0 spiro atoms. The molecular weight excluding hydrogens is 240 g/mol. The molecule has 0 heterocycles. The van der Waals surface area contributed by atoms with E-state index in [1.165, 1.54) is 22.3 Å². The molecule has 0 nitrogen and oxygen atoms in total. The molecule has 0 radical (unpaired) electrons. The Bertz CT molecular complexity index is 389. The Morgan fingerprint density at radius 1 is 1.06 bits per heavy atom. The summed E-state index contributed by atoms with van der Waals surface area (Å²) >= 11 is 6.67. The zero-order valence-corrected chi connectivity index (χ0v) is 13.7. The standard InChI is InChI=1S/C17H27Cl/c1-11-8-12(2)16(13(3)9-11)15(18)10-14(4)17(5,6)7/h8-9,14-15H,10H2,1-7H3. The highest BCUT2D eigenvalue weighted by Gasteiger charge is 2.24. The van der Waals surface area contributed by atoms with Crippen molar-refractivity contribution in [3.05, 3.63) is 34.4 Å². The molecule has 0 aliphatic carbocycles. The maximum atomic E-state index is 6.67. The van der Waals surface area contributed by atoms with Gasteiger partial charge in [0.25, 0.3) is 0 Å². The summed E-state index contributed by atoms with van der Waals surface area (Å²) in [5.41, 5.74) is 5.63. The van der Waals surface area contributed by atoms with Crippen molar-refractivity contribution < 1.29 is 0 Å². The molecule has 0 saturated carbocycles. The van der Waals surface area contributed by atoms with Crippen molar-refractivity contribution in [2.75, 3.05) is 0 Å². The van der Waals surface area contributed by atoms with Gasteiger partial charge in [-0.1, -0.05) is 45.4 Å². The molecule has 1 aromatic carbocycles. The first-order valence-corrected chi connectivity index (χ1v) is 7.28. The average molecular weight is 267 g/mol. The maximum Gasteiger partial charge on any atom is 0.0593 e. The zero-order valence-electron chi connectivity index (χ0n) is 12.9. The molecule has 0 aromatic heterocycles. The highest BCUT2D eigenvalue weighted by molar-refractivity contribution is 6.21. The van der Waals surface area contributed by atoms with Crippen LogP contribution in [0.25, 0.3) is 0 Å². The summed E-state index contributed by atoms with van der Waals surface area (Å²) in [6.45, 7) is 15.7. The van der Waals surface area contributed by atoms with Gasteiger partial charge in [0.1, 0.15) is 0 Å². The van der Waals surface area contributed by atoms with Crippen molar-refractivity contribution in [1.29, 1.82) is 0 Å². The Hall–Kier alpha value is -0.490. The number of rotatable bonds is 3. The van der Waals surface area contributed by atoms with Gasteiger partial charge in [-0.25, -0.2) is 0 Å². The second-order valence-electron chi connectivity index (χ2n) is 6.78. The topological polar surface area (TPSA) is 0 Å². The maximum absolute atomic E-state index is 6.67. The lowest BCUT2D eigenvalue weighted by Crippen LogP contribution is -2.19. The van der Waals surface area contributed by atoms with Gasteiger partial charge in [-0.3, -0.25) is 0 Å². The van der Waals surface area contributed by atoms with E-state index in [0.717, 1.165) is 6.42 Å². The van der Waals surface area contributed by atoms with E-state index < -0.39 is 0 Å². The summed E-state index contributed by atoms with van der Waals surface area (Å²) in [5.74, 6) is 0.611. The lowest BCUT2D eigenvalue weighted by molar-refractivity contribution is 0.245. The number of alkyl halides is 1. The number of aryl methyl sites for hydroxylation is 3. The smallest absolute Gasteiger partial charge is 0.0593 e. The highest BCUT2D eigenvalue weighted by atomic mass is 35.5. The van der Waals surface area contributed by atoms with Crippen molar-refractivity contribution >= 4 is 11.6 Å². The number of hydrogen-bond acceptors (Lipinski definition) is 0. The van der Waals surface area contributed by atoms with Crippen molar-refractivity contribution in [1.82, 2.24) is 0 Å². The minimum atomic E-state index is 0.125. The molecule has 0 aliphatic heterocycles. The molecule has 0 N–H and O–H groups in total. The predicted molar refractivity (Wildman–Crippen MR) is 82.5 cm³/mol. The van der Waals surface area contributed by atoms with E-state index in [9.17, 15) is 0 Å². The summed E-state index contributed by atoms with van der Waals surface area (Å²) < 4.78 is 0. The monoisotopic (exact) mass is 266 g/mol. The van der Waals surface area contributed by atoms with E-state index in [4.69, 9.17) is 11.6 Å². The van der Waals surface area contributed by atoms with Gasteiger partial charge in [0.05, 0.1) is 5.38 Å². The van der Waals surface area contributed by atoms with Gasteiger partial charge in [0, 0.05) is 0 Å². The van der Waals surface area contributed by atoms with E-state index in [2.05, 4.69) is 60.6 Å². The number of benzene rings is 1. The van der Waals surface area contributed by atoms with E-state index >= 15 is 0 Å². The fraction of sp³-hybridized carbons (Fsp3) is 0.647. The molecule has 0 aliphatic rings. The number of halogens is 1. The molecule has 0 bridgehead atoms. The first kappa shape index (κ1) is 15.6. The largest absolute Gasteiger partial charge is 0.118 e. The summed E-state index contributed by atoms with van der Waals surface area (Å²) in [6.07, 6.45) is 1.04. The van der Waals surface area contributed by atoms with Gasteiger partial charge in [0.2, 0.25) is 0 Å². The minimum absolute atomic E-state index is 0.125. The van der Waals surface area contributed by atoms with Crippen LogP contribution in [0.1, 0.15) is 61.7 Å². The lowest BCUT2D eigenvalue weighted by Gasteiger charge is -2.30. The predicted octanol–water partition coefficient (Wildman–Crippen LogP) is 5.96. The molecule has 1 heteroatoms. The SMILES string of the molecule is Cc1cc(C)c(C(Cl)CC(C)C(C)(C)C)c(C)c1. The van der Waals surface area contributed by atoms with Gasteiger partial charge in [-0.15, -0.1) is 11.6 Å². The third-order valence-corrected chi connectivity index (χ3v) is 4.49. The quantitative estimate of drug-likeness (QED) is 0.592. The van der Waals surface area contributed by atoms with Crippen LogP contribution in [-0.4, -0.2) is 0 Å². The van der Waals surface area contributed by atoms with Crippen LogP contribution in [0.4, 0.5) is 0 Å². The molecule has 0 fully saturated rings. The molecule has 102 valence electrons. The molecule has 0 saturated heterocycles. The third kappa shape index (κ3) is 3.75. The Morgan fingerprint density at radius 3 is 1.89 bits per heavy atom. The van der Waals surface area contributed by atoms with Gasteiger partial charge in [-0.2, -0.15) is 0 Å². The summed E-state index contributed by atoms with van der Waals surface area (Å²) in [6, 6.07) is 4.47. The van der Waals surface area contributed by atoms with E-state index in [1.807, 2.05) is 0 Å². The van der Waals surface area contributed by atoms with Crippen LogP contribution >= 0.6 is 11.6 Å². The first-order chi connectivity index (χ1) is 8.12. The Morgan fingerprint density at radius 2 is 1.50 bits per heavy atom. The molecule has 1 aromatic rings. The highest BCUT2D eigenvalue weighted by Crippen LogP contribution is 2.38. The van der Waals surface area contributed by atoms with Crippen LogP contribution in [0.15, 0.2) is 12.1 Å². The molecule has 1 rings (SSSR count). The first-order valence-electron chi connectivity index (χ1n) is 6.84. The number of hydrogen-bond donors (Lipinski definition) is 0. The minimum Gasteiger partial charge on any atom is -0.118 e. The van der Waals surface area contributed by atoms with Crippen LogP contribution in [-0.2, 0) is 0 Å². The molecular formula is C17H27Cl. The van der Waals surface area contributed by atoms with Crippen LogP contribution in [0.5, 0.6) is 0 Å². The second kappa shape index (κ2) is 5.65. The normalized spacial score (nSPS) is 15.6. The van der Waals surface area contributed by atoms with Crippen molar-refractivity contribution in [3.8, 4) is 0 Å². The Labute approximate surface area is 118 Å². The van der Waals surface area contributed by atoms with Crippen LogP contribution < -0.4 is 0 Å². The van der Waals surface area contributed by atoms with Crippen molar-refractivity contribution in [2.45, 2.75) is 60.3 Å². The van der Waals surface area contributed by atoms with E-state index in [0.29, 0.717) is 11.3 Å². The lowest BCUT2D eigenvalue weighted by atomic mass is 9.78. The van der Waals surface area contributed by atoms with E-state index in [1.54, 1.807) is 0 Å². The van der Waals surface area contributed by atoms with Crippen molar-refractivity contribution in [2.24, 2.45) is 11.3 Å². The zero-order chi connectivity index (χ0) is 14.1. The molecule has 2 atom stereocenters. The Kier molecular flexibility index (Phi) is 4.89. The average Bonchev–Trinajstić information content (AvgIpc) is 2.13. The second-order valence-corrected chi connectivity index (χ2v) is 7.31. The molecule has 2 unspecified atom stereocenters. The summed E-state index contributed by atoms with van der Waals surface area (Å²) in [4.78, 5) is 0. The fourth-order valence-electron chi connectivity index (χ4n) is 2.47. The van der Waals surface area contributed by atoms with Gasteiger partial charge in [-0.05, 0) is 55.2 Å². The van der Waals surface area contributed by atoms with Crippen molar-refractivity contribution in [3.63, 3.8) is 0 Å². The van der Waals surface area contributed by atoms with Gasteiger partial charge >= 0.3 is 0 Å². The van der Waals surface area contributed by atoms with E-state index in [-0.39, 0.29) is 5.38 Å². The van der Waals surface area contributed by atoms with Gasteiger partial charge in [0.15, 0.2) is 0 Å². The Balaban J connectivity index is 2.95. The van der Waals surface area contributed by atoms with Crippen LogP contribution in [0.2, 0.25) is 0 Å². The summed E-state index contributed by atoms with van der Waals surface area (Å²) in [7, 11) is 0.